The van der Waals surface area contributed by atoms with Crippen molar-refractivity contribution in [2.24, 2.45) is 0 Å². The number of allylic oxidation sites excluding steroid dienone is 2. The van der Waals surface area contributed by atoms with Gasteiger partial charge in [0.15, 0.2) is 0 Å². The first-order valence-electron chi connectivity index (χ1n) is 9.34. The van der Waals surface area contributed by atoms with Gasteiger partial charge in [-0.15, -0.1) is 0 Å². The number of carbonyl (C=O) groups excluding carboxylic acids is 1. The molecule has 0 atom stereocenters. The first-order chi connectivity index (χ1) is 11.8. The molecule has 24 heavy (non-hydrogen) atoms. The Hall–Kier alpha value is -0.910. The van der Waals surface area contributed by atoms with Crippen LogP contribution in [0.25, 0.3) is 0 Å². The summed E-state index contributed by atoms with van der Waals surface area (Å²) in [7, 11) is 0. The lowest BCUT2D eigenvalue weighted by Crippen LogP contribution is -2.13. The second-order valence-corrected chi connectivity index (χ2v) is 5.75. The van der Waals surface area contributed by atoms with E-state index in [0.29, 0.717) is 39.5 Å². The number of rotatable bonds is 18. The minimum atomic E-state index is -0.138. The number of unbranched alkanes of at least 4 members (excludes halogenated alkanes) is 7. The van der Waals surface area contributed by atoms with Crippen molar-refractivity contribution in [1.29, 1.82) is 0 Å². The number of hydrogen-bond donors (Lipinski definition) is 1. The predicted octanol–water partition coefficient (Wildman–Crippen LogP) is 3.64. The van der Waals surface area contributed by atoms with Crippen LogP contribution in [0, 0.1) is 0 Å². The Balaban J connectivity index is 3.15. The fraction of sp³-hybridized carbons (Fsp3) is 0.842. The third-order valence-corrected chi connectivity index (χ3v) is 3.59. The summed E-state index contributed by atoms with van der Waals surface area (Å²) >= 11 is 0. The Kier molecular flexibility index (Phi) is 19.4. The summed E-state index contributed by atoms with van der Waals surface area (Å²) in [5, 5.41) is 8.51. The Bertz CT molecular complexity index is 291. The quantitative estimate of drug-likeness (QED) is 0.234. The fourth-order valence-electron chi connectivity index (χ4n) is 2.26. The molecule has 0 saturated carbocycles. The van der Waals surface area contributed by atoms with Gasteiger partial charge in [0.25, 0.3) is 0 Å². The van der Waals surface area contributed by atoms with Gasteiger partial charge >= 0.3 is 5.97 Å². The molecule has 142 valence electrons. The molecule has 5 nitrogen and oxygen atoms in total. The standard InChI is InChI=1S/C19H36O5/c1-2-3-4-5-6-7-8-9-10-11-12-19(21)24-18-17-23-16-15-22-14-13-20/h2-3,20H,4-18H2,1H3. The van der Waals surface area contributed by atoms with E-state index >= 15 is 0 Å². The molecule has 0 bridgehead atoms. The van der Waals surface area contributed by atoms with E-state index in [2.05, 4.69) is 19.1 Å². The molecule has 0 aromatic carbocycles. The van der Waals surface area contributed by atoms with E-state index in [-0.39, 0.29) is 12.6 Å². The maximum Gasteiger partial charge on any atom is 0.305 e. The summed E-state index contributed by atoms with van der Waals surface area (Å²) in [5.74, 6) is -0.138. The van der Waals surface area contributed by atoms with Gasteiger partial charge in [-0.05, 0) is 26.2 Å². The maximum absolute atomic E-state index is 11.5. The third kappa shape index (κ3) is 19.1. The van der Waals surface area contributed by atoms with Crippen LogP contribution in [-0.4, -0.2) is 50.7 Å². The second-order valence-electron chi connectivity index (χ2n) is 5.75. The normalized spacial score (nSPS) is 11.2. The summed E-state index contributed by atoms with van der Waals surface area (Å²) in [6.07, 6.45) is 14.4. The van der Waals surface area contributed by atoms with Crippen LogP contribution in [0.3, 0.4) is 0 Å². The van der Waals surface area contributed by atoms with Crippen molar-refractivity contribution < 1.29 is 24.1 Å². The minimum absolute atomic E-state index is 0.0220. The molecule has 1 N–H and O–H groups in total. The monoisotopic (exact) mass is 344 g/mol. The molecule has 5 heteroatoms. The Labute approximate surface area is 147 Å². The summed E-state index contributed by atoms with van der Waals surface area (Å²) in [6, 6.07) is 0. The predicted molar refractivity (Wildman–Crippen MR) is 96.0 cm³/mol. The Morgan fingerprint density at radius 3 is 2.08 bits per heavy atom. The molecule has 0 radical (unpaired) electrons. The van der Waals surface area contributed by atoms with Crippen molar-refractivity contribution in [3.63, 3.8) is 0 Å². The van der Waals surface area contributed by atoms with Gasteiger partial charge in [0.1, 0.15) is 6.61 Å². The van der Waals surface area contributed by atoms with Crippen LogP contribution in [0.1, 0.15) is 64.7 Å². The molecule has 0 aliphatic carbocycles. The van der Waals surface area contributed by atoms with E-state index in [1.165, 1.54) is 38.5 Å². The Morgan fingerprint density at radius 1 is 0.833 bits per heavy atom. The van der Waals surface area contributed by atoms with Crippen molar-refractivity contribution in [3.8, 4) is 0 Å². The summed E-state index contributed by atoms with van der Waals surface area (Å²) in [4.78, 5) is 11.5. The average molecular weight is 344 g/mol. The molecule has 0 spiro atoms. The van der Waals surface area contributed by atoms with Crippen LogP contribution in [-0.2, 0) is 19.0 Å². The van der Waals surface area contributed by atoms with Gasteiger partial charge in [0.2, 0.25) is 0 Å². The van der Waals surface area contributed by atoms with E-state index in [1.807, 2.05) is 0 Å². The first kappa shape index (κ1) is 23.1. The van der Waals surface area contributed by atoms with Gasteiger partial charge in [-0.25, -0.2) is 0 Å². The van der Waals surface area contributed by atoms with Gasteiger partial charge in [0, 0.05) is 6.42 Å². The molecular formula is C19H36O5. The molecule has 0 aromatic heterocycles. The van der Waals surface area contributed by atoms with Gasteiger partial charge in [-0.3, -0.25) is 4.79 Å². The summed E-state index contributed by atoms with van der Waals surface area (Å²) in [6.45, 7) is 4.00. The fourth-order valence-corrected chi connectivity index (χ4v) is 2.26. The zero-order valence-corrected chi connectivity index (χ0v) is 15.3. The number of carbonyl (C=O) groups is 1. The van der Waals surface area contributed by atoms with Gasteiger partial charge < -0.3 is 19.3 Å². The summed E-state index contributed by atoms with van der Waals surface area (Å²) < 4.78 is 15.4. The van der Waals surface area contributed by atoms with Crippen LogP contribution in [0.2, 0.25) is 0 Å². The molecule has 0 rings (SSSR count). The van der Waals surface area contributed by atoms with Gasteiger partial charge in [0.05, 0.1) is 33.0 Å². The summed E-state index contributed by atoms with van der Waals surface area (Å²) in [5.41, 5.74) is 0. The molecule has 0 amide bonds. The zero-order chi connectivity index (χ0) is 17.7. The molecule has 0 aliphatic heterocycles. The number of esters is 1. The molecular weight excluding hydrogens is 308 g/mol. The highest BCUT2D eigenvalue weighted by Gasteiger charge is 2.02. The number of hydrogen-bond acceptors (Lipinski definition) is 5. The van der Waals surface area contributed by atoms with Crippen LogP contribution in [0.5, 0.6) is 0 Å². The van der Waals surface area contributed by atoms with Crippen LogP contribution >= 0.6 is 0 Å². The SMILES string of the molecule is CC=CCCCCCCCCCC(=O)OCCOCCOCCO. The largest absolute Gasteiger partial charge is 0.463 e. The smallest absolute Gasteiger partial charge is 0.305 e. The lowest BCUT2D eigenvalue weighted by Gasteiger charge is -2.06. The highest BCUT2D eigenvalue weighted by molar-refractivity contribution is 5.69. The maximum atomic E-state index is 11.5. The highest BCUT2D eigenvalue weighted by Crippen LogP contribution is 2.10. The van der Waals surface area contributed by atoms with Gasteiger partial charge in [-0.2, -0.15) is 0 Å². The van der Waals surface area contributed by atoms with Crippen molar-refractivity contribution in [2.75, 3.05) is 39.6 Å². The molecule has 0 saturated heterocycles. The van der Waals surface area contributed by atoms with Crippen molar-refractivity contribution in [2.45, 2.75) is 64.7 Å². The lowest BCUT2D eigenvalue weighted by atomic mass is 10.1. The second kappa shape index (κ2) is 20.1. The topological polar surface area (TPSA) is 65.0 Å². The van der Waals surface area contributed by atoms with E-state index in [1.54, 1.807) is 0 Å². The van der Waals surface area contributed by atoms with Crippen LogP contribution in [0.15, 0.2) is 12.2 Å². The Morgan fingerprint density at radius 2 is 1.42 bits per heavy atom. The molecule has 0 aliphatic rings. The zero-order valence-electron chi connectivity index (χ0n) is 15.3. The molecule has 0 fully saturated rings. The van der Waals surface area contributed by atoms with Crippen molar-refractivity contribution in [3.05, 3.63) is 12.2 Å². The number of ether oxygens (including phenoxy) is 3. The van der Waals surface area contributed by atoms with Crippen molar-refractivity contribution in [1.82, 2.24) is 0 Å². The number of aliphatic hydroxyl groups excluding tert-OH is 1. The molecule has 0 unspecified atom stereocenters. The van der Waals surface area contributed by atoms with E-state index in [9.17, 15) is 4.79 Å². The van der Waals surface area contributed by atoms with Crippen molar-refractivity contribution >= 4 is 5.97 Å². The lowest BCUT2D eigenvalue weighted by molar-refractivity contribution is -0.145. The molecule has 0 aromatic rings. The molecule has 0 heterocycles. The first-order valence-corrected chi connectivity index (χ1v) is 9.34. The van der Waals surface area contributed by atoms with Gasteiger partial charge in [-0.1, -0.05) is 44.3 Å². The minimum Gasteiger partial charge on any atom is -0.463 e. The van der Waals surface area contributed by atoms with E-state index in [4.69, 9.17) is 19.3 Å². The third-order valence-electron chi connectivity index (χ3n) is 3.59. The average Bonchev–Trinajstić information content (AvgIpc) is 2.59. The van der Waals surface area contributed by atoms with E-state index < -0.39 is 0 Å². The highest BCUT2D eigenvalue weighted by atomic mass is 16.6. The van der Waals surface area contributed by atoms with E-state index in [0.717, 1.165) is 12.8 Å². The number of aliphatic hydroxyl groups is 1. The van der Waals surface area contributed by atoms with Crippen LogP contribution < -0.4 is 0 Å². The van der Waals surface area contributed by atoms with Crippen LogP contribution in [0.4, 0.5) is 0 Å².